The Morgan fingerprint density at radius 1 is 1.22 bits per heavy atom. The van der Waals surface area contributed by atoms with Crippen molar-refractivity contribution in [3.8, 4) is 0 Å². The lowest BCUT2D eigenvalue weighted by Gasteiger charge is -2.20. The maximum absolute atomic E-state index is 13.6. The summed E-state index contributed by atoms with van der Waals surface area (Å²) in [7, 11) is 0. The Labute approximate surface area is 179 Å². The predicted octanol–water partition coefficient (Wildman–Crippen LogP) is 3.33. The highest BCUT2D eigenvalue weighted by Crippen LogP contribution is 2.11. The lowest BCUT2D eigenvalue weighted by atomic mass is 10.1. The fourth-order valence-electron chi connectivity index (χ4n) is 3.09. The minimum atomic E-state index is -0.168. The first-order valence-electron chi connectivity index (χ1n) is 9.74. The van der Waals surface area contributed by atoms with Crippen LogP contribution >= 0.6 is 24.0 Å². The number of likely N-dealkylation sites (tertiary alicyclic amines) is 1. The van der Waals surface area contributed by atoms with Crippen LogP contribution in [0.5, 0.6) is 0 Å². The van der Waals surface area contributed by atoms with Crippen molar-refractivity contribution in [1.29, 1.82) is 0 Å². The van der Waals surface area contributed by atoms with Gasteiger partial charge in [-0.05, 0) is 44.2 Å². The third kappa shape index (κ3) is 8.90. The Bertz CT molecular complexity index is 597. The van der Waals surface area contributed by atoms with Gasteiger partial charge in [-0.25, -0.2) is 4.39 Å². The summed E-state index contributed by atoms with van der Waals surface area (Å²) in [4.78, 5) is 18.5. The number of nitrogens with one attached hydrogen (secondary N) is 2. The van der Waals surface area contributed by atoms with Crippen LogP contribution in [0.15, 0.2) is 29.3 Å². The normalized spacial score (nSPS) is 15.1. The Balaban J connectivity index is 0.00000364. The number of guanidine groups is 1. The van der Waals surface area contributed by atoms with Crippen LogP contribution in [-0.4, -0.2) is 49.5 Å². The number of rotatable bonds is 8. The number of amides is 1. The van der Waals surface area contributed by atoms with Crippen molar-refractivity contribution < 1.29 is 9.18 Å². The average Bonchev–Trinajstić information content (AvgIpc) is 2.84. The molecular formula is C20H32FIN4O. The number of nitrogens with zero attached hydrogens (tertiary/aromatic N) is 2. The van der Waals surface area contributed by atoms with Crippen molar-refractivity contribution in [2.24, 2.45) is 4.99 Å². The summed E-state index contributed by atoms with van der Waals surface area (Å²) in [5, 5.41) is 6.45. The number of carbonyl (C=O) groups is 1. The molecule has 1 fully saturated rings. The van der Waals surface area contributed by atoms with Crippen molar-refractivity contribution in [3.05, 3.63) is 35.6 Å². The first-order chi connectivity index (χ1) is 12.7. The maximum Gasteiger partial charge on any atom is 0.222 e. The van der Waals surface area contributed by atoms with E-state index in [0.717, 1.165) is 51.3 Å². The van der Waals surface area contributed by atoms with E-state index in [-0.39, 0.29) is 35.7 Å². The summed E-state index contributed by atoms with van der Waals surface area (Å²) in [5.74, 6) is 0.853. The molecule has 2 rings (SSSR count). The number of hydrogen-bond acceptors (Lipinski definition) is 2. The van der Waals surface area contributed by atoms with E-state index in [9.17, 15) is 9.18 Å². The van der Waals surface area contributed by atoms with Crippen molar-refractivity contribution in [2.75, 3.05) is 32.7 Å². The minimum Gasteiger partial charge on any atom is -0.357 e. The number of aliphatic imine (C=N–C) groups is 1. The number of carbonyl (C=O) groups excluding carboxylic acids is 1. The van der Waals surface area contributed by atoms with Gasteiger partial charge in [-0.15, -0.1) is 24.0 Å². The van der Waals surface area contributed by atoms with Crippen LogP contribution in [-0.2, 0) is 11.2 Å². The van der Waals surface area contributed by atoms with Crippen molar-refractivity contribution in [3.63, 3.8) is 0 Å². The summed E-state index contributed by atoms with van der Waals surface area (Å²) in [6.45, 7) is 5.73. The largest absolute Gasteiger partial charge is 0.357 e. The minimum absolute atomic E-state index is 0. The predicted molar refractivity (Wildman–Crippen MR) is 119 cm³/mol. The first-order valence-corrected chi connectivity index (χ1v) is 9.74. The van der Waals surface area contributed by atoms with Gasteiger partial charge in [-0.2, -0.15) is 0 Å². The van der Waals surface area contributed by atoms with Crippen LogP contribution in [0.4, 0.5) is 4.39 Å². The molecule has 0 aromatic heterocycles. The van der Waals surface area contributed by atoms with Gasteiger partial charge in [-0.1, -0.05) is 24.6 Å². The van der Waals surface area contributed by atoms with Crippen LogP contribution in [0.2, 0.25) is 0 Å². The van der Waals surface area contributed by atoms with Crippen LogP contribution in [0.1, 0.15) is 44.6 Å². The Hall–Kier alpha value is -1.38. The molecule has 1 saturated heterocycles. The van der Waals surface area contributed by atoms with Gasteiger partial charge in [0.05, 0.1) is 0 Å². The lowest BCUT2D eigenvalue weighted by Crippen LogP contribution is -2.38. The van der Waals surface area contributed by atoms with Gasteiger partial charge in [0.25, 0.3) is 0 Å². The zero-order chi connectivity index (χ0) is 18.6. The van der Waals surface area contributed by atoms with Gasteiger partial charge >= 0.3 is 0 Å². The van der Waals surface area contributed by atoms with Crippen molar-refractivity contribution >= 4 is 35.8 Å². The molecule has 5 nitrogen and oxygen atoms in total. The number of halogens is 2. The molecule has 0 unspecified atom stereocenters. The highest BCUT2D eigenvalue weighted by molar-refractivity contribution is 14.0. The molecule has 1 heterocycles. The molecule has 1 aliphatic heterocycles. The molecule has 1 amide bonds. The van der Waals surface area contributed by atoms with Crippen LogP contribution in [0, 0.1) is 5.82 Å². The monoisotopic (exact) mass is 490 g/mol. The van der Waals surface area contributed by atoms with E-state index in [1.165, 1.54) is 6.07 Å². The molecule has 7 heteroatoms. The molecular weight excluding hydrogens is 458 g/mol. The SMILES string of the molecule is CCNC(=NCCCN1CCCCCC1=O)NCCc1ccccc1F.I. The average molecular weight is 490 g/mol. The zero-order valence-corrected chi connectivity index (χ0v) is 18.5. The van der Waals surface area contributed by atoms with Crippen molar-refractivity contribution in [1.82, 2.24) is 15.5 Å². The Kier molecular flexibility index (Phi) is 12.0. The molecule has 2 N–H and O–H groups in total. The summed E-state index contributed by atoms with van der Waals surface area (Å²) in [6, 6.07) is 6.84. The van der Waals surface area contributed by atoms with E-state index in [4.69, 9.17) is 0 Å². The standard InChI is InChI=1S/C20H31FN4O.HI/c1-2-22-20(24-14-12-17-9-5-6-10-18(17)21)23-13-8-16-25-15-7-3-4-11-19(25)26;/h5-6,9-10H,2-4,7-8,11-16H2,1H3,(H2,22,23,24);1H. The van der Waals surface area contributed by atoms with Gasteiger partial charge in [-0.3, -0.25) is 9.79 Å². The van der Waals surface area contributed by atoms with Gasteiger partial charge in [0.15, 0.2) is 5.96 Å². The topological polar surface area (TPSA) is 56.7 Å². The van der Waals surface area contributed by atoms with Gasteiger partial charge < -0.3 is 15.5 Å². The number of hydrogen-bond donors (Lipinski definition) is 2. The molecule has 0 saturated carbocycles. The molecule has 1 aromatic carbocycles. The van der Waals surface area contributed by atoms with E-state index < -0.39 is 0 Å². The molecule has 0 radical (unpaired) electrons. The molecule has 0 aliphatic carbocycles. The summed E-state index contributed by atoms with van der Waals surface area (Å²) < 4.78 is 13.6. The fraction of sp³-hybridized carbons (Fsp3) is 0.600. The highest BCUT2D eigenvalue weighted by atomic mass is 127. The highest BCUT2D eigenvalue weighted by Gasteiger charge is 2.15. The molecule has 152 valence electrons. The van der Waals surface area contributed by atoms with Gasteiger partial charge in [0.2, 0.25) is 5.91 Å². The van der Waals surface area contributed by atoms with Crippen LogP contribution in [0.3, 0.4) is 0 Å². The summed E-state index contributed by atoms with van der Waals surface area (Å²) in [5.41, 5.74) is 0.704. The quantitative estimate of drug-likeness (QED) is 0.255. The van der Waals surface area contributed by atoms with E-state index in [1.807, 2.05) is 17.9 Å². The maximum atomic E-state index is 13.6. The van der Waals surface area contributed by atoms with E-state index >= 15 is 0 Å². The second-order valence-corrected chi connectivity index (χ2v) is 6.57. The number of benzene rings is 1. The molecule has 0 spiro atoms. The Morgan fingerprint density at radius 2 is 2.04 bits per heavy atom. The van der Waals surface area contributed by atoms with Crippen LogP contribution in [0.25, 0.3) is 0 Å². The molecule has 1 aliphatic rings. The summed E-state index contributed by atoms with van der Waals surface area (Å²) >= 11 is 0. The molecule has 1 aromatic rings. The lowest BCUT2D eigenvalue weighted by molar-refractivity contribution is -0.130. The second-order valence-electron chi connectivity index (χ2n) is 6.57. The van der Waals surface area contributed by atoms with Gasteiger partial charge in [0, 0.05) is 39.1 Å². The van der Waals surface area contributed by atoms with Crippen molar-refractivity contribution in [2.45, 2.75) is 45.4 Å². The summed E-state index contributed by atoms with van der Waals surface area (Å²) in [6.07, 6.45) is 5.43. The Morgan fingerprint density at radius 3 is 2.81 bits per heavy atom. The third-order valence-corrected chi connectivity index (χ3v) is 4.52. The molecule has 27 heavy (non-hydrogen) atoms. The third-order valence-electron chi connectivity index (χ3n) is 4.52. The zero-order valence-electron chi connectivity index (χ0n) is 16.2. The van der Waals surface area contributed by atoms with E-state index in [0.29, 0.717) is 31.5 Å². The van der Waals surface area contributed by atoms with E-state index in [1.54, 1.807) is 12.1 Å². The van der Waals surface area contributed by atoms with E-state index in [2.05, 4.69) is 15.6 Å². The van der Waals surface area contributed by atoms with Gasteiger partial charge in [0.1, 0.15) is 5.82 Å². The molecule has 0 bridgehead atoms. The fourth-order valence-corrected chi connectivity index (χ4v) is 3.09. The van der Waals surface area contributed by atoms with Crippen LogP contribution < -0.4 is 10.6 Å². The smallest absolute Gasteiger partial charge is 0.222 e. The molecule has 0 atom stereocenters. The second kappa shape index (κ2) is 13.7. The first kappa shape index (κ1) is 23.7.